The molecule has 0 saturated carbocycles. The molecule has 0 aliphatic rings. The lowest BCUT2D eigenvalue weighted by Crippen LogP contribution is -2.33. The Labute approximate surface area is 164 Å². The van der Waals surface area contributed by atoms with Gasteiger partial charge in [0, 0.05) is 17.3 Å². The molecule has 0 aliphatic heterocycles. The molecule has 0 bridgehead atoms. The van der Waals surface area contributed by atoms with Crippen LogP contribution >= 0.6 is 35.6 Å². The van der Waals surface area contributed by atoms with Gasteiger partial charge >= 0.3 is 0 Å². The van der Waals surface area contributed by atoms with Gasteiger partial charge in [-0.15, -0.1) is 10.2 Å². The molecule has 0 fully saturated rings. The van der Waals surface area contributed by atoms with Crippen LogP contribution in [0.3, 0.4) is 0 Å². The molecule has 0 spiro atoms. The molecule has 9 heteroatoms. The van der Waals surface area contributed by atoms with Crippen LogP contribution in [-0.2, 0) is 12.3 Å². The van der Waals surface area contributed by atoms with Crippen molar-refractivity contribution in [2.24, 2.45) is 0 Å². The molecule has 0 amide bonds. The van der Waals surface area contributed by atoms with E-state index in [1.165, 1.54) is 23.9 Å². The Morgan fingerprint density at radius 3 is 2.54 bits per heavy atom. The Kier molecular flexibility index (Phi) is 6.43. The Morgan fingerprint density at radius 2 is 1.81 bits per heavy atom. The molecule has 0 saturated heterocycles. The van der Waals surface area contributed by atoms with E-state index >= 15 is 0 Å². The van der Waals surface area contributed by atoms with Gasteiger partial charge in [0.25, 0.3) is 0 Å². The molecule has 0 aliphatic carbocycles. The van der Waals surface area contributed by atoms with E-state index in [9.17, 15) is 4.39 Å². The number of halogens is 2. The third kappa shape index (κ3) is 5.42. The Morgan fingerprint density at radius 1 is 1.12 bits per heavy atom. The molecule has 1 heterocycles. The summed E-state index contributed by atoms with van der Waals surface area (Å²) in [7, 11) is 0. The van der Waals surface area contributed by atoms with Crippen molar-refractivity contribution < 1.29 is 4.39 Å². The first-order valence-electron chi connectivity index (χ1n) is 7.67. The minimum Gasteiger partial charge on any atom is -0.357 e. The van der Waals surface area contributed by atoms with Crippen molar-refractivity contribution in [2.75, 3.05) is 5.43 Å². The molecule has 0 radical (unpaired) electrons. The zero-order valence-corrected chi connectivity index (χ0v) is 15.9. The summed E-state index contributed by atoms with van der Waals surface area (Å²) >= 11 is 12.7. The third-order valence-electron chi connectivity index (χ3n) is 3.39. The minimum absolute atomic E-state index is 0.263. The van der Waals surface area contributed by atoms with Crippen LogP contribution < -0.4 is 10.7 Å². The molecule has 2 N–H and O–H groups in total. The molecule has 134 valence electrons. The lowest BCUT2D eigenvalue weighted by atomic mass is 10.2. The van der Waals surface area contributed by atoms with Crippen molar-refractivity contribution in [1.29, 1.82) is 0 Å². The van der Waals surface area contributed by atoms with Crippen LogP contribution in [-0.4, -0.2) is 20.0 Å². The highest BCUT2D eigenvalue weighted by atomic mass is 35.5. The molecule has 0 unspecified atom stereocenters. The summed E-state index contributed by atoms with van der Waals surface area (Å²) < 4.78 is 14.6. The molecular weight excluding hydrogens is 393 g/mol. The fourth-order valence-electron chi connectivity index (χ4n) is 2.06. The van der Waals surface area contributed by atoms with Crippen molar-refractivity contribution in [2.45, 2.75) is 17.5 Å². The van der Waals surface area contributed by atoms with E-state index in [1.807, 2.05) is 24.3 Å². The minimum atomic E-state index is -0.263. The average molecular weight is 408 g/mol. The molecule has 5 nitrogen and oxygen atoms in total. The topological polar surface area (TPSA) is 54.8 Å². The van der Waals surface area contributed by atoms with Gasteiger partial charge < -0.3 is 5.32 Å². The predicted octanol–water partition coefficient (Wildman–Crippen LogP) is 3.98. The maximum atomic E-state index is 12.9. The zero-order chi connectivity index (χ0) is 18.4. The third-order valence-corrected chi connectivity index (χ3v) is 4.89. The van der Waals surface area contributed by atoms with Gasteiger partial charge in [-0.25, -0.2) is 9.07 Å². The number of benzene rings is 2. The monoisotopic (exact) mass is 407 g/mol. The fourth-order valence-corrected chi connectivity index (χ4v) is 3.18. The highest BCUT2D eigenvalue weighted by Crippen LogP contribution is 2.21. The Bertz CT molecular complexity index is 868. The molecular formula is C17H15ClFN5S2. The summed E-state index contributed by atoms with van der Waals surface area (Å²) in [6.07, 6.45) is 1.55. The number of aromatic nitrogens is 3. The SMILES string of the molecule is Fc1ccc(CNC(=S)Nn2cnnc2SCc2ccc(Cl)cc2)cc1. The van der Waals surface area contributed by atoms with E-state index in [4.69, 9.17) is 23.8 Å². The molecule has 2 aromatic carbocycles. The van der Waals surface area contributed by atoms with E-state index in [2.05, 4.69) is 20.9 Å². The van der Waals surface area contributed by atoms with Crippen LogP contribution in [0.25, 0.3) is 0 Å². The van der Waals surface area contributed by atoms with Crippen molar-refractivity contribution in [1.82, 2.24) is 20.2 Å². The first-order chi connectivity index (χ1) is 12.6. The Balaban J connectivity index is 1.51. The average Bonchev–Trinajstić information content (AvgIpc) is 3.08. The summed E-state index contributed by atoms with van der Waals surface area (Å²) in [5, 5.41) is 12.9. The largest absolute Gasteiger partial charge is 0.357 e. The van der Waals surface area contributed by atoms with Gasteiger partial charge in [0.05, 0.1) is 0 Å². The maximum absolute atomic E-state index is 12.9. The Hall–Kier alpha value is -2.16. The number of thioether (sulfide) groups is 1. The van der Waals surface area contributed by atoms with Crippen LogP contribution in [0.5, 0.6) is 0 Å². The maximum Gasteiger partial charge on any atom is 0.210 e. The van der Waals surface area contributed by atoms with Crippen molar-refractivity contribution in [3.8, 4) is 0 Å². The standard InChI is InChI=1S/C17H15ClFN5S2/c18-14-5-1-13(2-6-14)10-26-17-22-21-11-24(17)23-16(25)20-9-12-3-7-15(19)8-4-12/h1-8,11H,9-10H2,(H2,20,23,25). The molecule has 26 heavy (non-hydrogen) atoms. The van der Waals surface area contributed by atoms with Gasteiger partial charge in [0.2, 0.25) is 5.16 Å². The van der Waals surface area contributed by atoms with Gasteiger partial charge in [-0.1, -0.05) is 47.6 Å². The number of hydrogen-bond donors (Lipinski definition) is 2. The summed E-state index contributed by atoms with van der Waals surface area (Å²) in [6, 6.07) is 13.9. The molecule has 1 aromatic heterocycles. The van der Waals surface area contributed by atoms with Crippen LogP contribution in [0.4, 0.5) is 4.39 Å². The van der Waals surface area contributed by atoms with Gasteiger partial charge in [-0.3, -0.25) is 5.43 Å². The number of thiocarbonyl (C=S) groups is 1. The second-order valence-corrected chi connectivity index (χ2v) is 7.11. The quantitative estimate of drug-likeness (QED) is 0.476. The van der Waals surface area contributed by atoms with Crippen LogP contribution in [0.15, 0.2) is 60.0 Å². The first-order valence-corrected chi connectivity index (χ1v) is 9.44. The summed E-state index contributed by atoms with van der Waals surface area (Å²) in [4.78, 5) is 0. The second kappa shape index (κ2) is 8.98. The number of rotatable bonds is 6. The molecule has 3 rings (SSSR count). The van der Waals surface area contributed by atoms with Crippen molar-refractivity contribution >= 4 is 40.7 Å². The molecule has 3 aromatic rings. The zero-order valence-electron chi connectivity index (χ0n) is 13.5. The number of hydrogen-bond acceptors (Lipinski definition) is 4. The van der Waals surface area contributed by atoms with Gasteiger partial charge in [0.15, 0.2) is 5.11 Å². The van der Waals surface area contributed by atoms with Crippen LogP contribution in [0.2, 0.25) is 5.02 Å². The van der Waals surface area contributed by atoms with Gasteiger partial charge in [-0.05, 0) is 47.6 Å². The van der Waals surface area contributed by atoms with E-state index in [1.54, 1.807) is 23.1 Å². The van der Waals surface area contributed by atoms with E-state index in [0.29, 0.717) is 21.8 Å². The number of nitrogens with one attached hydrogen (secondary N) is 2. The van der Waals surface area contributed by atoms with E-state index in [-0.39, 0.29) is 5.82 Å². The fraction of sp³-hybridized carbons (Fsp3) is 0.118. The lowest BCUT2D eigenvalue weighted by Gasteiger charge is -2.12. The second-order valence-electron chi connectivity index (χ2n) is 5.32. The smallest absolute Gasteiger partial charge is 0.210 e. The summed E-state index contributed by atoms with van der Waals surface area (Å²) in [5.41, 5.74) is 5.07. The van der Waals surface area contributed by atoms with Gasteiger partial charge in [0.1, 0.15) is 12.1 Å². The van der Waals surface area contributed by atoms with Gasteiger partial charge in [-0.2, -0.15) is 0 Å². The first kappa shape index (κ1) is 18.6. The number of nitrogens with zero attached hydrogens (tertiary/aromatic N) is 3. The van der Waals surface area contributed by atoms with E-state index < -0.39 is 0 Å². The highest BCUT2D eigenvalue weighted by molar-refractivity contribution is 7.98. The summed E-state index contributed by atoms with van der Waals surface area (Å²) in [5.74, 6) is 0.467. The normalized spacial score (nSPS) is 10.5. The predicted molar refractivity (Wildman–Crippen MR) is 106 cm³/mol. The van der Waals surface area contributed by atoms with Crippen molar-refractivity contribution in [3.05, 3.63) is 76.8 Å². The van der Waals surface area contributed by atoms with Crippen LogP contribution in [0.1, 0.15) is 11.1 Å². The highest BCUT2D eigenvalue weighted by Gasteiger charge is 2.07. The van der Waals surface area contributed by atoms with Crippen LogP contribution in [0, 0.1) is 5.82 Å². The van der Waals surface area contributed by atoms with E-state index in [0.717, 1.165) is 16.9 Å². The lowest BCUT2D eigenvalue weighted by molar-refractivity contribution is 0.626. The summed E-state index contributed by atoms with van der Waals surface area (Å²) in [6.45, 7) is 0.488. The molecule has 0 atom stereocenters. The van der Waals surface area contributed by atoms with Crippen molar-refractivity contribution in [3.63, 3.8) is 0 Å².